The number of ether oxygens (including phenoxy) is 2. The Kier molecular flexibility index (Phi) is 7.34. The molecule has 0 aliphatic carbocycles. The highest BCUT2D eigenvalue weighted by Gasteiger charge is 2.36. The van der Waals surface area contributed by atoms with Crippen molar-refractivity contribution >= 4 is 40.8 Å². The zero-order chi connectivity index (χ0) is 24.0. The van der Waals surface area contributed by atoms with Crippen molar-refractivity contribution in [3.63, 3.8) is 0 Å². The molecule has 11 nitrogen and oxygen atoms in total. The van der Waals surface area contributed by atoms with Gasteiger partial charge < -0.3 is 19.7 Å². The topological polar surface area (TPSA) is 145 Å². The number of benzene rings is 2. The van der Waals surface area contributed by atoms with Crippen molar-refractivity contribution in [2.45, 2.75) is 13.3 Å². The first-order chi connectivity index (χ1) is 15.8. The molecule has 0 aromatic heterocycles. The second-order valence-corrected chi connectivity index (χ2v) is 7.14. The number of rotatable bonds is 8. The second-order valence-electron chi connectivity index (χ2n) is 7.14. The summed E-state index contributed by atoms with van der Waals surface area (Å²) in [5, 5.41) is 13.5. The molecule has 172 valence electrons. The summed E-state index contributed by atoms with van der Waals surface area (Å²) in [5.74, 6) is -2.96. The van der Waals surface area contributed by atoms with Gasteiger partial charge in [-0.15, -0.1) is 0 Å². The SMILES string of the molecule is CCOC(=O)c1ccc(NC(=O)COC(=O)[C@@H]2CC(=O)N(c3cccc([N+](=O)[O-])c3)C2)cc1. The van der Waals surface area contributed by atoms with Gasteiger partial charge in [-0.05, 0) is 37.3 Å². The Morgan fingerprint density at radius 2 is 1.88 bits per heavy atom. The van der Waals surface area contributed by atoms with Crippen molar-refractivity contribution in [3.05, 3.63) is 64.2 Å². The van der Waals surface area contributed by atoms with Gasteiger partial charge in [-0.25, -0.2) is 4.79 Å². The van der Waals surface area contributed by atoms with Crippen LogP contribution in [0.15, 0.2) is 48.5 Å². The van der Waals surface area contributed by atoms with Crippen LogP contribution in [0, 0.1) is 16.0 Å². The minimum atomic E-state index is -0.798. The predicted octanol–water partition coefficient (Wildman–Crippen LogP) is 2.31. The number of nitro groups is 1. The molecule has 3 rings (SSSR count). The van der Waals surface area contributed by atoms with Gasteiger partial charge in [-0.1, -0.05) is 6.07 Å². The summed E-state index contributed by atoms with van der Waals surface area (Å²) in [7, 11) is 0. The van der Waals surface area contributed by atoms with Gasteiger partial charge in [0.25, 0.3) is 11.6 Å². The van der Waals surface area contributed by atoms with E-state index < -0.39 is 35.3 Å². The van der Waals surface area contributed by atoms with Gasteiger partial charge in [-0.2, -0.15) is 0 Å². The van der Waals surface area contributed by atoms with Crippen LogP contribution in [0.4, 0.5) is 17.1 Å². The molecule has 0 saturated carbocycles. The highest BCUT2D eigenvalue weighted by atomic mass is 16.6. The first-order valence-electron chi connectivity index (χ1n) is 10.1. The number of hydrogen-bond donors (Lipinski definition) is 1. The molecule has 1 atom stereocenters. The largest absolute Gasteiger partial charge is 0.462 e. The van der Waals surface area contributed by atoms with E-state index in [2.05, 4.69) is 5.32 Å². The third-order valence-electron chi connectivity index (χ3n) is 4.84. The van der Waals surface area contributed by atoms with Crippen molar-refractivity contribution in [2.75, 3.05) is 30.0 Å². The van der Waals surface area contributed by atoms with Gasteiger partial charge in [0, 0.05) is 30.8 Å². The Bertz CT molecular complexity index is 1080. The zero-order valence-electron chi connectivity index (χ0n) is 17.7. The summed E-state index contributed by atoms with van der Waals surface area (Å²) in [4.78, 5) is 60.0. The number of amides is 2. The van der Waals surface area contributed by atoms with Gasteiger partial charge in [0.2, 0.25) is 5.91 Å². The number of hydrogen-bond acceptors (Lipinski definition) is 8. The van der Waals surface area contributed by atoms with Crippen LogP contribution in [-0.2, 0) is 23.9 Å². The van der Waals surface area contributed by atoms with Gasteiger partial charge in [0.1, 0.15) is 0 Å². The Balaban J connectivity index is 1.51. The average molecular weight is 455 g/mol. The number of nitrogens with one attached hydrogen (secondary N) is 1. The maximum atomic E-state index is 12.3. The van der Waals surface area contributed by atoms with E-state index in [0.29, 0.717) is 16.9 Å². The monoisotopic (exact) mass is 455 g/mol. The smallest absolute Gasteiger partial charge is 0.338 e. The molecule has 1 N–H and O–H groups in total. The van der Waals surface area contributed by atoms with Crippen molar-refractivity contribution < 1.29 is 33.6 Å². The van der Waals surface area contributed by atoms with Gasteiger partial charge in [0.05, 0.1) is 28.7 Å². The summed E-state index contributed by atoms with van der Waals surface area (Å²) < 4.78 is 9.92. The van der Waals surface area contributed by atoms with Crippen LogP contribution in [0.3, 0.4) is 0 Å². The van der Waals surface area contributed by atoms with Gasteiger partial charge in [-0.3, -0.25) is 24.5 Å². The lowest BCUT2D eigenvalue weighted by Crippen LogP contribution is -2.28. The number of carbonyl (C=O) groups excluding carboxylic acids is 4. The number of nitrogens with zero attached hydrogens (tertiary/aromatic N) is 2. The molecule has 0 spiro atoms. The van der Waals surface area contributed by atoms with E-state index in [1.807, 2.05) is 0 Å². The summed E-state index contributed by atoms with van der Waals surface area (Å²) in [6.45, 7) is 1.38. The molecule has 0 bridgehead atoms. The predicted molar refractivity (Wildman–Crippen MR) is 116 cm³/mol. The molecule has 2 aromatic carbocycles. The molecule has 0 unspecified atom stereocenters. The Labute approximate surface area is 188 Å². The third kappa shape index (κ3) is 5.91. The standard InChI is InChI=1S/C22H21N3O8/c1-2-32-21(28)14-6-8-16(9-7-14)23-19(26)13-33-22(29)15-10-20(27)24(12-15)17-4-3-5-18(11-17)25(30)31/h3-9,11,15H,2,10,12-13H2,1H3,(H,23,26)/t15-/m1/s1. The molecule has 1 aliphatic heterocycles. The van der Waals surface area contributed by atoms with Gasteiger partial charge in [0.15, 0.2) is 6.61 Å². The Morgan fingerprint density at radius 1 is 1.15 bits per heavy atom. The number of nitro benzene ring substituents is 1. The van der Waals surface area contributed by atoms with Crippen molar-refractivity contribution in [2.24, 2.45) is 5.92 Å². The molecule has 2 aromatic rings. The minimum absolute atomic E-state index is 0.00419. The lowest BCUT2D eigenvalue weighted by atomic mass is 10.1. The lowest BCUT2D eigenvalue weighted by molar-refractivity contribution is -0.384. The highest BCUT2D eigenvalue weighted by molar-refractivity contribution is 6.00. The van der Waals surface area contributed by atoms with Crippen LogP contribution < -0.4 is 10.2 Å². The lowest BCUT2D eigenvalue weighted by Gasteiger charge is -2.16. The Hall–Kier alpha value is -4.28. The van der Waals surface area contributed by atoms with Crippen LogP contribution in [0.5, 0.6) is 0 Å². The van der Waals surface area contributed by atoms with E-state index in [9.17, 15) is 29.3 Å². The molecule has 2 amide bonds. The number of carbonyl (C=O) groups is 4. The fourth-order valence-corrected chi connectivity index (χ4v) is 3.25. The number of anilines is 2. The van der Waals surface area contributed by atoms with E-state index in [1.165, 1.54) is 47.4 Å². The van der Waals surface area contributed by atoms with Gasteiger partial charge >= 0.3 is 11.9 Å². The average Bonchev–Trinajstić information content (AvgIpc) is 3.20. The zero-order valence-corrected chi connectivity index (χ0v) is 17.7. The summed E-state index contributed by atoms with van der Waals surface area (Å²) >= 11 is 0. The van der Waals surface area contributed by atoms with Crippen LogP contribution in [-0.4, -0.2) is 48.4 Å². The van der Waals surface area contributed by atoms with Crippen LogP contribution in [0.25, 0.3) is 0 Å². The summed E-state index contributed by atoms with van der Waals surface area (Å²) in [6, 6.07) is 11.6. The summed E-state index contributed by atoms with van der Waals surface area (Å²) in [5.41, 5.74) is 0.879. The first-order valence-corrected chi connectivity index (χ1v) is 10.1. The van der Waals surface area contributed by atoms with E-state index in [-0.39, 0.29) is 31.2 Å². The van der Waals surface area contributed by atoms with Crippen LogP contribution in [0.2, 0.25) is 0 Å². The number of esters is 2. The molecule has 33 heavy (non-hydrogen) atoms. The maximum absolute atomic E-state index is 12.3. The fraction of sp³-hybridized carbons (Fsp3) is 0.273. The Morgan fingerprint density at radius 3 is 2.55 bits per heavy atom. The molecule has 1 heterocycles. The van der Waals surface area contributed by atoms with Crippen molar-refractivity contribution in [1.29, 1.82) is 0 Å². The summed E-state index contributed by atoms with van der Waals surface area (Å²) in [6.07, 6.45) is -0.127. The van der Waals surface area contributed by atoms with E-state index in [1.54, 1.807) is 13.0 Å². The highest BCUT2D eigenvalue weighted by Crippen LogP contribution is 2.28. The molecule has 1 fully saturated rings. The van der Waals surface area contributed by atoms with E-state index >= 15 is 0 Å². The maximum Gasteiger partial charge on any atom is 0.338 e. The van der Waals surface area contributed by atoms with Crippen molar-refractivity contribution in [3.8, 4) is 0 Å². The van der Waals surface area contributed by atoms with Crippen molar-refractivity contribution in [1.82, 2.24) is 0 Å². The third-order valence-corrected chi connectivity index (χ3v) is 4.84. The van der Waals surface area contributed by atoms with Crippen LogP contribution in [0.1, 0.15) is 23.7 Å². The number of non-ortho nitro benzene ring substituents is 1. The molecular formula is C22H21N3O8. The minimum Gasteiger partial charge on any atom is -0.462 e. The fourth-order valence-electron chi connectivity index (χ4n) is 3.25. The quantitative estimate of drug-likeness (QED) is 0.363. The molecular weight excluding hydrogens is 434 g/mol. The second kappa shape index (κ2) is 10.4. The normalized spacial score (nSPS) is 15.1. The molecule has 0 radical (unpaired) electrons. The van der Waals surface area contributed by atoms with E-state index in [4.69, 9.17) is 9.47 Å². The van der Waals surface area contributed by atoms with E-state index in [0.717, 1.165) is 0 Å². The van der Waals surface area contributed by atoms with Crippen LogP contribution >= 0.6 is 0 Å². The molecule has 11 heteroatoms. The first kappa shape index (κ1) is 23.4. The molecule has 1 aliphatic rings. The molecule has 1 saturated heterocycles.